The molecule has 2 bridgehead atoms. The number of benzene rings is 2. The van der Waals surface area contributed by atoms with Gasteiger partial charge in [0.05, 0.1) is 19.4 Å². The predicted molar refractivity (Wildman–Crippen MR) is 156 cm³/mol. The zero-order valence-corrected chi connectivity index (χ0v) is 23.3. The molecule has 8 nitrogen and oxygen atoms in total. The first-order valence-electron chi connectivity index (χ1n) is 14.3. The third-order valence-electron chi connectivity index (χ3n) is 7.60. The molecule has 2 aliphatic heterocycles. The molecule has 3 aromatic rings. The maximum Gasteiger partial charge on any atom is 0.271 e. The average Bonchev–Trinajstić information content (AvgIpc) is 2.95. The summed E-state index contributed by atoms with van der Waals surface area (Å²) in [4.78, 5) is 27.4. The fourth-order valence-electron chi connectivity index (χ4n) is 5.73. The lowest BCUT2D eigenvalue weighted by Gasteiger charge is -2.43. The van der Waals surface area contributed by atoms with Gasteiger partial charge in [-0.05, 0) is 79.8 Å². The number of hydrazone groups is 1. The molecule has 3 heterocycles. The van der Waals surface area contributed by atoms with Gasteiger partial charge in [0.25, 0.3) is 11.5 Å². The number of amides is 1. The Labute approximate surface area is 235 Å². The van der Waals surface area contributed by atoms with Crippen molar-refractivity contribution < 1.29 is 14.3 Å². The van der Waals surface area contributed by atoms with Crippen LogP contribution in [0.1, 0.15) is 66.2 Å². The molecule has 1 fully saturated rings. The highest BCUT2D eigenvalue weighted by Gasteiger charge is 2.34. The minimum Gasteiger partial charge on any atom is -0.494 e. The minimum atomic E-state index is -0.276. The normalized spacial score (nSPS) is 18.4. The third kappa shape index (κ3) is 6.62. The number of rotatable bonds is 11. The standard InChI is InChI=1S/C32H38N4O4/c1-3-5-15-40-28-12-10-25(11-13-28)32(38)34-33-18-23-9-14-30(39-4-2)27(16-23)22-35-19-24-17-26(21-35)29-7-6-8-31(37)36(29)20-24/h6-14,16,18,24,26H,3-5,15,17,19-22H2,1-2H3,(H,34,38)/b33-18-. The van der Waals surface area contributed by atoms with Crippen LogP contribution < -0.4 is 20.5 Å². The number of piperidine rings is 1. The number of carbonyl (C=O) groups excluding carboxylic acids is 1. The van der Waals surface area contributed by atoms with Crippen molar-refractivity contribution >= 4 is 12.1 Å². The van der Waals surface area contributed by atoms with Crippen molar-refractivity contribution in [2.75, 3.05) is 26.3 Å². The van der Waals surface area contributed by atoms with Crippen molar-refractivity contribution in [3.05, 3.63) is 93.4 Å². The Kier molecular flexibility index (Phi) is 8.96. The Morgan fingerprint density at radius 1 is 1.05 bits per heavy atom. The molecule has 2 atom stereocenters. The lowest BCUT2D eigenvalue weighted by molar-refractivity contribution is 0.0955. The first kappa shape index (κ1) is 27.6. The maximum atomic E-state index is 12.6. The number of fused-ring (bicyclic) bond motifs is 4. The summed E-state index contributed by atoms with van der Waals surface area (Å²) in [5.74, 6) is 2.15. The van der Waals surface area contributed by atoms with Gasteiger partial charge in [-0.15, -0.1) is 0 Å². The zero-order valence-electron chi connectivity index (χ0n) is 23.3. The van der Waals surface area contributed by atoms with Crippen LogP contribution in [-0.4, -0.2) is 47.9 Å². The van der Waals surface area contributed by atoms with Crippen LogP contribution in [0.25, 0.3) is 0 Å². The molecule has 0 aliphatic carbocycles. The summed E-state index contributed by atoms with van der Waals surface area (Å²) in [5.41, 5.74) is 6.36. The van der Waals surface area contributed by atoms with Crippen molar-refractivity contribution in [3.8, 4) is 11.5 Å². The van der Waals surface area contributed by atoms with Crippen LogP contribution in [-0.2, 0) is 13.1 Å². The van der Waals surface area contributed by atoms with E-state index in [0.29, 0.717) is 30.6 Å². The van der Waals surface area contributed by atoms with Gasteiger partial charge in [-0.2, -0.15) is 5.10 Å². The summed E-state index contributed by atoms with van der Waals surface area (Å²) in [5, 5.41) is 4.20. The summed E-state index contributed by atoms with van der Waals surface area (Å²) in [7, 11) is 0. The Balaban J connectivity index is 1.23. The molecule has 1 saturated heterocycles. The molecule has 2 unspecified atom stereocenters. The number of carbonyl (C=O) groups is 1. The van der Waals surface area contributed by atoms with Gasteiger partial charge in [-0.3, -0.25) is 14.5 Å². The van der Waals surface area contributed by atoms with Gasteiger partial charge < -0.3 is 14.0 Å². The molecule has 1 N–H and O–H groups in total. The summed E-state index contributed by atoms with van der Waals surface area (Å²) < 4.78 is 13.6. The quantitative estimate of drug-likeness (QED) is 0.214. The highest BCUT2D eigenvalue weighted by Crippen LogP contribution is 2.36. The van der Waals surface area contributed by atoms with E-state index in [4.69, 9.17) is 9.47 Å². The van der Waals surface area contributed by atoms with Crippen LogP contribution in [0, 0.1) is 5.92 Å². The fourth-order valence-corrected chi connectivity index (χ4v) is 5.73. The number of aromatic nitrogens is 1. The van der Waals surface area contributed by atoms with E-state index in [1.165, 1.54) is 0 Å². The van der Waals surface area contributed by atoms with Crippen molar-refractivity contribution in [1.82, 2.24) is 14.9 Å². The highest BCUT2D eigenvalue weighted by molar-refractivity contribution is 5.95. The number of unbranched alkanes of at least 4 members (excludes halogenated alkanes) is 1. The molecule has 1 amide bonds. The second kappa shape index (κ2) is 13.0. The van der Waals surface area contributed by atoms with Gasteiger partial charge in [-0.1, -0.05) is 19.4 Å². The van der Waals surface area contributed by atoms with Gasteiger partial charge in [0.15, 0.2) is 0 Å². The number of nitrogens with one attached hydrogen (secondary N) is 1. The topological polar surface area (TPSA) is 85.2 Å². The minimum absolute atomic E-state index is 0.104. The van der Waals surface area contributed by atoms with Crippen LogP contribution in [0.2, 0.25) is 0 Å². The summed E-state index contributed by atoms with van der Waals surface area (Å²) >= 11 is 0. The second-order valence-electron chi connectivity index (χ2n) is 10.6. The van der Waals surface area contributed by atoms with Gasteiger partial charge in [0, 0.05) is 55.0 Å². The number of likely N-dealkylation sites (tertiary alicyclic amines) is 1. The fraction of sp³-hybridized carbons (Fsp3) is 0.406. The van der Waals surface area contributed by atoms with E-state index in [9.17, 15) is 9.59 Å². The van der Waals surface area contributed by atoms with E-state index >= 15 is 0 Å². The highest BCUT2D eigenvalue weighted by atomic mass is 16.5. The van der Waals surface area contributed by atoms with E-state index in [1.807, 2.05) is 29.7 Å². The Bertz CT molecular complexity index is 1400. The number of hydrogen-bond acceptors (Lipinski definition) is 6. The van der Waals surface area contributed by atoms with Crippen molar-refractivity contribution in [2.45, 2.75) is 52.1 Å². The molecular weight excluding hydrogens is 504 g/mol. The smallest absolute Gasteiger partial charge is 0.271 e. The number of hydrogen-bond donors (Lipinski definition) is 1. The molecule has 1 aromatic heterocycles. The number of pyridine rings is 1. The monoisotopic (exact) mass is 542 g/mol. The van der Waals surface area contributed by atoms with Crippen LogP contribution >= 0.6 is 0 Å². The van der Waals surface area contributed by atoms with E-state index in [2.05, 4.69) is 34.5 Å². The molecular formula is C32H38N4O4. The molecule has 8 heteroatoms. The maximum absolute atomic E-state index is 12.6. The van der Waals surface area contributed by atoms with Crippen molar-refractivity contribution in [2.24, 2.45) is 11.0 Å². The van der Waals surface area contributed by atoms with E-state index in [1.54, 1.807) is 36.5 Å². The van der Waals surface area contributed by atoms with Gasteiger partial charge >= 0.3 is 0 Å². The van der Waals surface area contributed by atoms with Crippen LogP contribution in [0.4, 0.5) is 0 Å². The van der Waals surface area contributed by atoms with Gasteiger partial charge in [0.1, 0.15) is 11.5 Å². The van der Waals surface area contributed by atoms with Crippen LogP contribution in [0.5, 0.6) is 11.5 Å². The number of nitrogens with zero attached hydrogens (tertiary/aromatic N) is 3. The molecule has 5 rings (SSSR count). The lowest BCUT2D eigenvalue weighted by atomic mass is 9.83. The summed E-state index contributed by atoms with van der Waals surface area (Å²) in [6, 6.07) is 18.7. The molecule has 0 radical (unpaired) electrons. The van der Waals surface area contributed by atoms with E-state index < -0.39 is 0 Å². The first-order valence-corrected chi connectivity index (χ1v) is 14.3. The van der Waals surface area contributed by atoms with E-state index in [0.717, 1.165) is 73.8 Å². The van der Waals surface area contributed by atoms with Gasteiger partial charge in [0.2, 0.25) is 0 Å². The zero-order chi connectivity index (χ0) is 27.9. The predicted octanol–water partition coefficient (Wildman–Crippen LogP) is 4.81. The third-order valence-corrected chi connectivity index (χ3v) is 7.60. The SMILES string of the molecule is CCCCOc1ccc(C(=O)N/N=C\c2ccc(OCC)c(CN3CC4CC(C3)c3cccc(=O)n3C4)c2)cc1. The first-order chi connectivity index (χ1) is 19.5. The number of ether oxygens (including phenoxy) is 2. The van der Waals surface area contributed by atoms with Crippen LogP contribution in [0.3, 0.4) is 0 Å². The molecule has 210 valence electrons. The van der Waals surface area contributed by atoms with Crippen molar-refractivity contribution in [3.63, 3.8) is 0 Å². The summed E-state index contributed by atoms with van der Waals surface area (Å²) in [6.45, 7) is 8.74. The lowest BCUT2D eigenvalue weighted by Crippen LogP contribution is -2.46. The molecule has 2 aromatic carbocycles. The molecule has 0 saturated carbocycles. The largest absolute Gasteiger partial charge is 0.494 e. The Morgan fingerprint density at radius 3 is 2.70 bits per heavy atom. The molecule has 2 aliphatic rings. The molecule has 40 heavy (non-hydrogen) atoms. The Hall–Kier alpha value is -3.91. The van der Waals surface area contributed by atoms with Gasteiger partial charge in [-0.25, -0.2) is 5.43 Å². The second-order valence-corrected chi connectivity index (χ2v) is 10.6. The molecule has 0 spiro atoms. The Morgan fingerprint density at radius 2 is 1.90 bits per heavy atom. The van der Waals surface area contributed by atoms with E-state index in [-0.39, 0.29) is 11.5 Å². The van der Waals surface area contributed by atoms with Crippen molar-refractivity contribution in [1.29, 1.82) is 0 Å². The average molecular weight is 543 g/mol. The summed E-state index contributed by atoms with van der Waals surface area (Å²) in [6.07, 6.45) is 4.86. The van der Waals surface area contributed by atoms with Crippen LogP contribution in [0.15, 0.2) is 70.6 Å².